The van der Waals surface area contributed by atoms with E-state index in [0.29, 0.717) is 5.75 Å². The fraction of sp³-hybridized carbons (Fsp3) is 0.0476. The van der Waals surface area contributed by atoms with Gasteiger partial charge in [-0.2, -0.15) is 16.8 Å². The molecule has 0 bridgehead atoms. The van der Waals surface area contributed by atoms with Gasteiger partial charge in [-0.1, -0.05) is 12.1 Å². The van der Waals surface area contributed by atoms with Crippen molar-refractivity contribution in [2.24, 2.45) is 4.40 Å². The molecule has 0 fully saturated rings. The molecule has 1 N–H and O–H groups in total. The smallest absolute Gasteiger partial charge is 0.286 e. The number of nitrogens with one attached hydrogen (secondary N) is 1. The first-order valence-corrected chi connectivity index (χ1v) is 12.2. The Morgan fingerprint density at radius 1 is 1.00 bits per heavy atom. The zero-order valence-corrected chi connectivity index (χ0v) is 18.6. The summed E-state index contributed by atoms with van der Waals surface area (Å²) in [7, 11) is -7.24. The molecule has 9 nitrogen and oxygen atoms in total. The number of amidine groups is 1. The fourth-order valence-electron chi connectivity index (χ4n) is 3.07. The lowest BCUT2D eigenvalue weighted by molar-refractivity contribution is 0.0838. The molecule has 1 aliphatic heterocycles. The topological polar surface area (TPSA) is 122 Å². The first-order chi connectivity index (χ1) is 15.6. The maximum Gasteiger partial charge on any atom is 0.286 e. The van der Waals surface area contributed by atoms with Gasteiger partial charge in [0.05, 0.1) is 12.0 Å². The number of halogens is 1. The van der Waals surface area contributed by atoms with Crippen molar-refractivity contribution >= 4 is 31.8 Å². The molecule has 0 radical (unpaired) electrons. The van der Waals surface area contributed by atoms with Gasteiger partial charge in [-0.25, -0.2) is 4.39 Å². The third-order valence-electron chi connectivity index (χ3n) is 4.71. The number of nitrogens with zero attached hydrogens (tertiary/aromatic N) is 2. The normalized spacial score (nSPS) is 14.2. The molecule has 3 aromatic carbocycles. The van der Waals surface area contributed by atoms with Crippen molar-refractivity contribution in [1.82, 2.24) is 9.84 Å². The second kappa shape index (κ2) is 8.30. The Kier molecular flexibility index (Phi) is 5.64. The Bertz CT molecular complexity index is 1470. The Morgan fingerprint density at radius 2 is 1.64 bits per heavy atom. The first-order valence-electron chi connectivity index (χ1n) is 9.34. The molecule has 0 saturated carbocycles. The van der Waals surface area contributed by atoms with Gasteiger partial charge in [0.15, 0.2) is 5.84 Å². The van der Waals surface area contributed by atoms with Crippen molar-refractivity contribution in [3.05, 3.63) is 89.7 Å². The average Bonchev–Trinajstić information content (AvgIpc) is 3.07. The standard InChI is InChI=1S/C21H16FN3O6S2/c1-31-16-10-12-17(13-11-16)33(29,30)25(21(26)14-6-8-15(22)9-7-14)23-20-18-4-2-3-5-19(18)32(27,28)24-20/h2-13H,1H3,(H,23,24). The Balaban J connectivity index is 1.81. The van der Waals surface area contributed by atoms with Crippen LogP contribution in [-0.4, -0.2) is 40.1 Å². The fourth-order valence-corrected chi connectivity index (χ4v) is 5.46. The number of rotatable bonds is 4. The molecule has 1 aliphatic rings. The van der Waals surface area contributed by atoms with Gasteiger partial charge in [-0.3, -0.25) is 10.2 Å². The number of carbonyl (C=O) groups is 1. The summed E-state index contributed by atoms with van der Waals surface area (Å²) in [6.45, 7) is 0. The summed E-state index contributed by atoms with van der Waals surface area (Å²) in [5.41, 5.74) is 2.29. The van der Waals surface area contributed by atoms with Gasteiger partial charge in [-0.05, 0) is 60.7 Å². The van der Waals surface area contributed by atoms with Crippen molar-refractivity contribution in [3.63, 3.8) is 0 Å². The highest BCUT2D eigenvalue weighted by atomic mass is 32.2. The molecule has 12 heteroatoms. The van der Waals surface area contributed by atoms with E-state index in [4.69, 9.17) is 4.74 Å². The van der Waals surface area contributed by atoms with Crippen LogP contribution in [0.2, 0.25) is 0 Å². The van der Waals surface area contributed by atoms with Gasteiger partial charge < -0.3 is 4.74 Å². The SMILES string of the molecule is COc1ccc(S(=O)(=O)N(NC2=NS(=O)(=O)c3ccccc32)C(=O)c2ccc(F)cc2)cc1. The quantitative estimate of drug-likeness (QED) is 0.558. The van der Waals surface area contributed by atoms with Crippen LogP contribution < -0.4 is 10.2 Å². The maximum atomic E-state index is 13.4. The summed E-state index contributed by atoms with van der Waals surface area (Å²) in [4.78, 5) is 12.8. The number of carbonyl (C=O) groups excluding carboxylic acids is 1. The molecule has 0 aliphatic carbocycles. The van der Waals surface area contributed by atoms with Crippen LogP contribution >= 0.6 is 0 Å². The Labute approximate surface area is 189 Å². The molecule has 0 atom stereocenters. The van der Waals surface area contributed by atoms with Crippen molar-refractivity contribution in [2.45, 2.75) is 9.79 Å². The molecule has 33 heavy (non-hydrogen) atoms. The van der Waals surface area contributed by atoms with E-state index < -0.39 is 31.8 Å². The van der Waals surface area contributed by atoms with Gasteiger partial charge in [0.2, 0.25) is 0 Å². The average molecular weight is 490 g/mol. The van der Waals surface area contributed by atoms with E-state index in [-0.39, 0.29) is 31.2 Å². The summed E-state index contributed by atoms with van der Waals surface area (Å²) in [5.74, 6) is -1.66. The Hall–Kier alpha value is -3.77. The summed E-state index contributed by atoms with van der Waals surface area (Å²) < 4.78 is 73.8. The molecule has 3 aromatic rings. The van der Waals surface area contributed by atoms with Crippen LogP contribution in [0.1, 0.15) is 15.9 Å². The van der Waals surface area contributed by atoms with Crippen molar-refractivity contribution in [2.75, 3.05) is 7.11 Å². The minimum Gasteiger partial charge on any atom is -0.497 e. The lowest BCUT2D eigenvalue weighted by Crippen LogP contribution is -2.49. The molecule has 1 heterocycles. The first kappa shape index (κ1) is 22.4. The molecular formula is C21H16FN3O6S2. The number of sulfonamides is 2. The number of hydrogen-bond acceptors (Lipinski definition) is 7. The number of ether oxygens (including phenoxy) is 1. The lowest BCUT2D eigenvalue weighted by Gasteiger charge is -2.24. The minimum atomic E-state index is -4.56. The van der Waals surface area contributed by atoms with Crippen LogP contribution in [0, 0.1) is 5.82 Å². The van der Waals surface area contributed by atoms with Crippen molar-refractivity contribution < 1.29 is 30.8 Å². The van der Waals surface area contributed by atoms with E-state index in [2.05, 4.69) is 9.82 Å². The third kappa shape index (κ3) is 4.17. The predicted octanol–water partition coefficient (Wildman–Crippen LogP) is 2.32. The number of fused-ring (bicyclic) bond motifs is 1. The molecule has 0 aromatic heterocycles. The monoisotopic (exact) mass is 489 g/mol. The number of methoxy groups -OCH3 is 1. The van der Waals surface area contributed by atoms with Gasteiger partial charge in [0, 0.05) is 11.1 Å². The summed E-state index contributed by atoms with van der Waals surface area (Å²) in [5, 5.41) is 0. The lowest BCUT2D eigenvalue weighted by atomic mass is 10.2. The molecular weight excluding hydrogens is 473 g/mol. The summed E-state index contributed by atoms with van der Waals surface area (Å²) in [6.07, 6.45) is 0. The maximum absolute atomic E-state index is 13.4. The number of hydrogen-bond donors (Lipinski definition) is 1. The van der Waals surface area contributed by atoms with E-state index in [1.807, 2.05) is 0 Å². The van der Waals surface area contributed by atoms with Crippen LogP contribution in [-0.2, 0) is 20.0 Å². The zero-order valence-electron chi connectivity index (χ0n) is 17.0. The van der Waals surface area contributed by atoms with Crippen LogP contribution in [0.3, 0.4) is 0 Å². The van der Waals surface area contributed by atoms with Gasteiger partial charge in [-0.15, -0.1) is 8.81 Å². The predicted molar refractivity (Wildman–Crippen MR) is 116 cm³/mol. The van der Waals surface area contributed by atoms with E-state index >= 15 is 0 Å². The summed E-state index contributed by atoms with van der Waals surface area (Å²) >= 11 is 0. The number of hydrazine groups is 1. The van der Waals surface area contributed by atoms with Crippen LogP contribution in [0.25, 0.3) is 0 Å². The molecule has 170 valence electrons. The largest absolute Gasteiger partial charge is 0.497 e. The Morgan fingerprint density at radius 3 is 2.27 bits per heavy atom. The van der Waals surface area contributed by atoms with Crippen LogP contribution in [0.15, 0.2) is 87.0 Å². The third-order valence-corrected chi connectivity index (χ3v) is 7.65. The highest BCUT2D eigenvalue weighted by Crippen LogP contribution is 2.26. The summed E-state index contributed by atoms with van der Waals surface area (Å²) in [6, 6.07) is 15.2. The minimum absolute atomic E-state index is 0.0966. The molecule has 0 unspecified atom stereocenters. The van der Waals surface area contributed by atoms with Crippen LogP contribution in [0.5, 0.6) is 5.75 Å². The highest BCUT2D eigenvalue weighted by molar-refractivity contribution is 7.91. The van der Waals surface area contributed by atoms with Gasteiger partial charge in [0.25, 0.3) is 26.0 Å². The number of benzene rings is 3. The van der Waals surface area contributed by atoms with E-state index in [0.717, 1.165) is 24.3 Å². The molecule has 4 rings (SSSR count). The van der Waals surface area contributed by atoms with E-state index in [1.54, 1.807) is 6.07 Å². The van der Waals surface area contributed by atoms with Crippen molar-refractivity contribution in [3.8, 4) is 5.75 Å². The zero-order chi connectivity index (χ0) is 23.8. The van der Waals surface area contributed by atoms with E-state index in [1.165, 1.54) is 49.6 Å². The van der Waals surface area contributed by atoms with Crippen molar-refractivity contribution in [1.29, 1.82) is 0 Å². The molecule has 1 amide bonds. The van der Waals surface area contributed by atoms with Gasteiger partial charge in [0.1, 0.15) is 16.5 Å². The molecule has 0 saturated heterocycles. The highest BCUT2D eigenvalue weighted by Gasteiger charge is 2.36. The second-order valence-corrected chi connectivity index (χ2v) is 10.1. The molecule has 0 spiro atoms. The van der Waals surface area contributed by atoms with E-state index in [9.17, 15) is 26.0 Å². The number of amides is 1. The van der Waals surface area contributed by atoms with Gasteiger partial charge >= 0.3 is 0 Å². The second-order valence-electron chi connectivity index (χ2n) is 6.78. The van der Waals surface area contributed by atoms with Crippen LogP contribution in [0.4, 0.5) is 4.39 Å².